The fraction of sp³-hybridized carbons (Fsp3) is 0.375. The van der Waals surface area contributed by atoms with Gasteiger partial charge in [0.05, 0.1) is 12.7 Å². The van der Waals surface area contributed by atoms with Crippen LogP contribution in [0, 0.1) is 0 Å². The molecule has 3 aromatic rings. The second-order valence-corrected chi connectivity index (χ2v) is 7.57. The Morgan fingerprint density at radius 3 is 2.61 bits per heavy atom. The quantitative estimate of drug-likeness (QED) is 0.498. The van der Waals surface area contributed by atoms with Crippen LogP contribution in [-0.2, 0) is 11.2 Å². The maximum atomic E-state index is 11.7. The van der Waals surface area contributed by atoms with Crippen molar-refractivity contribution in [3.05, 3.63) is 64.9 Å². The number of carbonyl (C=O) groups is 1. The summed E-state index contributed by atoms with van der Waals surface area (Å²) in [7, 11) is 1.38. The molecule has 0 radical (unpaired) electrons. The predicted molar refractivity (Wildman–Crippen MR) is 111 cm³/mol. The van der Waals surface area contributed by atoms with E-state index in [4.69, 9.17) is 9.15 Å². The molecule has 0 aliphatic rings. The van der Waals surface area contributed by atoms with E-state index in [-0.39, 0.29) is 11.9 Å². The number of phenols is 1. The van der Waals surface area contributed by atoms with Crippen LogP contribution in [-0.4, -0.2) is 18.2 Å². The summed E-state index contributed by atoms with van der Waals surface area (Å²) in [4.78, 5) is 11.7. The Bertz CT molecular complexity index is 968. The van der Waals surface area contributed by atoms with Crippen LogP contribution in [0.25, 0.3) is 11.0 Å². The third-order valence-electron chi connectivity index (χ3n) is 5.37. The Labute approximate surface area is 166 Å². The topological polar surface area (TPSA) is 59.7 Å². The van der Waals surface area contributed by atoms with Gasteiger partial charge in [-0.05, 0) is 66.1 Å². The van der Waals surface area contributed by atoms with Crippen LogP contribution in [0.15, 0.2) is 46.9 Å². The smallest absolute Gasteiger partial charge is 0.337 e. The molecular weight excluding hydrogens is 352 g/mol. The summed E-state index contributed by atoms with van der Waals surface area (Å²) in [6, 6.07) is 13.3. The lowest BCUT2D eigenvalue weighted by Gasteiger charge is -2.18. The normalized spacial score (nSPS) is 12.5. The summed E-state index contributed by atoms with van der Waals surface area (Å²) >= 11 is 0. The van der Waals surface area contributed by atoms with E-state index in [0.29, 0.717) is 17.2 Å². The van der Waals surface area contributed by atoms with E-state index in [1.54, 1.807) is 12.1 Å². The minimum atomic E-state index is -0.344. The number of esters is 1. The first-order chi connectivity index (χ1) is 13.4. The van der Waals surface area contributed by atoms with Crippen molar-refractivity contribution in [1.29, 1.82) is 0 Å². The number of aryl methyl sites for hydroxylation is 1. The number of furan rings is 1. The Hall–Kier alpha value is -2.75. The van der Waals surface area contributed by atoms with E-state index in [0.717, 1.165) is 41.6 Å². The summed E-state index contributed by atoms with van der Waals surface area (Å²) < 4.78 is 10.7. The molecule has 0 fully saturated rings. The zero-order valence-electron chi connectivity index (χ0n) is 17.0. The van der Waals surface area contributed by atoms with E-state index in [9.17, 15) is 9.90 Å². The largest absolute Gasteiger partial charge is 0.508 e. The lowest BCUT2D eigenvalue weighted by Crippen LogP contribution is -2.01. The molecule has 148 valence electrons. The minimum Gasteiger partial charge on any atom is -0.508 e. The van der Waals surface area contributed by atoms with Crippen LogP contribution in [0.5, 0.6) is 5.75 Å². The van der Waals surface area contributed by atoms with Crippen molar-refractivity contribution >= 4 is 16.9 Å². The molecule has 1 N–H and O–H groups in total. The predicted octanol–water partition coefficient (Wildman–Crippen LogP) is 6.17. The van der Waals surface area contributed by atoms with E-state index < -0.39 is 0 Å². The number of fused-ring (bicyclic) bond motifs is 1. The lowest BCUT2D eigenvalue weighted by molar-refractivity contribution is 0.0601. The maximum Gasteiger partial charge on any atom is 0.337 e. The lowest BCUT2D eigenvalue weighted by atomic mass is 9.88. The number of rotatable bonds is 7. The highest BCUT2D eigenvalue weighted by atomic mass is 16.5. The van der Waals surface area contributed by atoms with Crippen molar-refractivity contribution < 1.29 is 19.1 Å². The molecule has 0 amide bonds. The Morgan fingerprint density at radius 2 is 1.93 bits per heavy atom. The Kier molecular flexibility index (Phi) is 6.08. The van der Waals surface area contributed by atoms with Crippen molar-refractivity contribution in [2.24, 2.45) is 0 Å². The molecule has 1 aromatic heterocycles. The number of methoxy groups -OCH3 is 1. The minimum absolute atomic E-state index is 0.289. The molecule has 28 heavy (non-hydrogen) atoms. The van der Waals surface area contributed by atoms with Crippen LogP contribution in [0.3, 0.4) is 0 Å². The molecule has 2 aromatic carbocycles. The third-order valence-corrected chi connectivity index (χ3v) is 5.37. The van der Waals surface area contributed by atoms with Gasteiger partial charge < -0.3 is 14.3 Å². The van der Waals surface area contributed by atoms with Gasteiger partial charge in [0, 0.05) is 11.8 Å². The number of phenolic OH excluding ortho intramolecular Hbond substituents is 1. The van der Waals surface area contributed by atoms with Gasteiger partial charge in [-0.1, -0.05) is 32.9 Å². The fourth-order valence-corrected chi connectivity index (χ4v) is 3.68. The van der Waals surface area contributed by atoms with Gasteiger partial charge in [-0.2, -0.15) is 0 Å². The van der Waals surface area contributed by atoms with Gasteiger partial charge in [0.25, 0.3) is 0 Å². The zero-order valence-corrected chi connectivity index (χ0v) is 17.0. The van der Waals surface area contributed by atoms with Gasteiger partial charge in [-0.15, -0.1) is 0 Å². The molecule has 3 rings (SSSR count). The first kappa shape index (κ1) is 20.0. The highest BCUT2D eigenvalue weighted by molar-refractivity contribution is 5.94. The van der Waals surface area contributed by atoms with Gasteiger partial charge in [0.2, 0.25) is 0 Å². The van der Waals surface area contributed by atoms with Crippen molar-refractivity contribution in [3.8, 4) is 5.75 Å². The highest BCUT2D eigenvalue weighted by Crippen LogP contribution is 2.33. The summed E-state index contributed by atoms with van der Waals surface area (Å²) in [5, 5.41) is 11.0. The van der Waals surface area contributed by atoms with Crippen LogP contribution in [0.2, 0.25) is 0 Å². The van der Waals surface area contributed by atoms with Gasteiger partial charge in [-0.25, -0.2) is 4.79 Å². The van der Waals surface area contributed by atoms with Gasteiger partial charge in [-0.3, -0.25) is 0 Å². The number of aromatic hydroxyl groups is 1. The van der Waals surface area contributed by atoms with Crippen molar-refractivity contribution in [1.82, 2.24) is 0 Å². The van der Waals surface area contributed by atoms with Gasteiger partial charge >= 0.3 is 5.97 Å². The molecule has 0 bridgehead atoms. The zero-order chi connectivity index (χ0) is 20.3. The molecule has 0 spiro atoms. The van der Waals surface area contributed by atoms with Crippen LogP contribution >= 0.6 is 0 Å². The van der Waals surface area contributed by atoms with Gasteiger partial charge in [0.15, 0.2) is 0 Å². The molecule has 0 saturated carbocycles. The molecule has 4 heteroatoms. The molecular formula is C24H28O4. The molecule has 0 saturated heterocycles. The summed E-state index contributed by atoms with van der Waals surface area (Å²) in [5.41, 5.74) is 3.56. The van der Waals surface area contributed by atoms with E-state index in [2.05, 4.69) is 26.8 Å². The molecule has 1 atom stereocenters. The average molecular weight is 380 g/mol. The van der Waals surface area contributed by atoms with Crippen LogP contribution in [0.4, 0.5) is 0 Å². The Morgan fingerprint density at radius 1 is 1.14 bits per heavy atom. The number of ether oxygens (including phenoxy) is 1. The fourth-order valence-electron chi connectivity index (χ4n) is 3.68. The molecule has 0 aliphatic heterocycles. The molecule has 1 unspecified atom stereocenters. The van der Waals surface area contributed by atoms with Crippen molar-refractivity contribution in [3.63, 3.8) is 0 Å². The summed E-state index contributed by atoms with van der Waals surface area (Å²) in [6.07, 6.45) is 2.80. The van der Waals surface area contributed by atoms with Crippen LogP contribution in [0.1, 0.15) is 72.7 Å². The first-order valence-electron chi connectivity index (χ1n) is 9.86. The second-order valence-electron chi connectivity index (χ2n) is 7.57. The van der Waals surface area contributed by atoms with E-state index in [1.807, 2.05) is 24.3 Å². The first-order valence-corrected chi connectivity index (χ1v) is 9.86. The third kappa shape index (κ3) is 4.22. The molecule has 4 nitrogen and oxygen atoms in total. The van der Waals surface area contributed by atoms with Gasteiger partial charge in [0.1, 0.15) is 17.1 Å². The molecule has 1 heterocycles. The monoisotopic (exact) mass is 380 g/mol. The van der Waals surface area contributed by atoms with Crippen molar-refractivity contribution in [2.75, 3.05) is 7.11 Å². The average Bonchev–Trinajstić information content (AvgIpc) is 3.10. The highest BCUT2D eigenvalue weighted by Gasteiger charge is 2.15. The summed E-state index contributed by atoms with van der Waals surface area (Å²) in [5.74, 6) is 1.63. The SMILES string of the molecule is CCC(CCc1cc2cc(C(=O)OC)ccc2o1)c1ccc(O)c(C(C)C)c1. The maximum absolute atomic E-state index is 11.7. The van der Waals surface area contributed by atoms with Crippen molar-refractivity contribution in [2.45, 2.75) is 51.9 Å². The van der Waals surface area contributed by atoms with Crippen LogP contribution < -0.4 is 0 Å². The number of benzene rings is 2. The molecule has 0 aliphatic carbocycles. The number of carbonyl (C=O) groups excluding carboxylic acids is 1. The second kappa shape index (κ2) is 8.51. The standard InChI is InChI=1S/C24H28O4/c1-5-16(17-7-10-22(25)21(14-17)15(2)3)6-9-20-13-19-12-18(24(26)27-4)8-11-23(19)28-20/h7-8,10-16,25H,5-6,9H2,1-4H3. The number of hydrogen-bond donors (Lipinski definition) is 1. The number of hydrogen-bond acceptors (Lipinski definition) is 4. The van der Waals surface area contributed by atoms with E-state index >= 15 is 0 Å². The Balaban J connectivity index is 1.76. The summed E-state index contributed by atoms with van der Waals surface area (Å²) in [6.45, 7) is 6.38. The van der Waals surface area contributed by atoms with E-state index in [1.165, 1.54) is 12.7 Å².